The summed E-state index contributed by atoms with van der Waals surface area (Å²) in [6.07, 6.45) is 1.27. The molecule has 0 atom stereocenters. The number of anilines is 1. The number of pyridine rings is 1. The average Bonchev–Trinajstić information content (AvgIpc) is 2.75. The van der Waals surface area contributed by atoms with Crippen molar-refractivity contribution >= 4 is 28.3 Å². The zero-order valence-corrected chi connectivity index (χ0v) is 10.1. The van der Waals surface area contributed by atoms with E-state index in [0.29, 0.717) is 5.13 Å². The van der Waals surface area contributed by atoms with Crippen molar-refractivity contribution < 1.29 is 14.7 Å². The van der Waals surface area contributed by atoms with Gasteiger partial charge in [0.2, 0.25) is 5.13 Å². The number of carboxylic acid groups (broad SMARTS) is 1. The zero-order chi connectivity index (χ0) is 13.1. The number of hydrogen-bond donors (Lipinski definition) is 2. The summed E-state index contributed by atoms with van der Waals surface area (Å²) in [5, 5.41) is 19.9. The first kappa shape index (κ1) is 12.1. The van der Waals surface area contributed by atoms with E-state index < -0.39 is 11.9 Å². The van der Waals surface area contributed by atoms with Gasteiger partial charge >= 0.3 is 5.97 Å². The van der Waals surface area contributed by atoms with Gasteiger partial charge in [0, 0.05) is 11.8 Å². The number of hydrogen-bond acceptors (Lipinski definition) is 6. The van der Waals surface area contributed by atoms with Gasteiger partial charge < -0.3 is 5.11 Å². The topological polar surface area (TPSA) is 105 Å². The molecule has 0 aliphatic rings. The van der Waals surface area contributed by atoms with Crippen LogP contribution in [0.15, 0.2) is 18.3 Å². The van der Waals surface area contributed by atoms with Crippen molar-refractivity contribution in [3.8, 4) is 0 Å². The molecule has 92 valence electrons. The number of carbonyl (C=O) groups is 2. The molecule has 8 heteroatoms. The Morgan fingerprint density at radius 2 is 2.17 bits per heavy atom. The fourth-order valence-electron chi connectivity index (χ4n) is 1.21. The molecule has 2 rings (SSSR count). The van der Waals surface area contributed by atoms with Gasteiger partial charge in [0.1, 0.15) is 10.7 Å². The SMILES string of the molecule is Cc1nnc(NC(=O)c2ccnc(C(=O)O)c2)s1. The van der Waals surface area contributed by atoms with E-state index in [0.717, 1.165) is 5.01 Å². The summed E-state index contributed by atoms with van der Waals surface area (Å²) < 4.78 is 0. The molecule has 0 saturated carbocycles. The highest BCUT2D eigenvalue weighted by atomic mass is 32.1. The first-order valence-corrected chi connectivity index (χ1v) is 5.68. The molecule has 0 bridgehead atoms. The molecule has 0 unspecified atom stereocenters. The molecule has 2 N–H and O–H groups in total. The quantitative estimate of drug-likeness (QED) is 0.862. The standard InChI is InChI=1S/C10H8N4O3S/c1-5-13-14-10(18-5)12-8(15)6-2-3-11-7(4-6)9(16)17/h2-4H,1H3,(H,16,17)(H,12,14,15). The van der Waals surface area contributed by atoms with Crippen molar-refractivity contribution in [2.24, 2.45) is 0 Å². The monoisotopic (exact) mass is 264 g/mol. The van der Waals surface area contributed by atoms with Crippen molar-refractivity contribution in [3.63, 3.8) is 0 Å². The van der Waals surface area contributed by atoms with Crippen LogP contribution in [0.2, 0.25) is 0 Å². The Labute approximate surface area is 106 Å². The Morgan fingerprint density at radius 3 is 2.78 bits per heavy atom. The Kier molecular flexibility index (Phi) is 3.28. The highest BCUT2D eigenvalue weighted by Gasteiger charge is 2.12. The summed E-state index contributed by atoms with van der Waals surface area (Å²) in [5.41, 5.74) is 0.0198. The molecule has 18 heavy (non-hydrogen) atoms. The number of aromatic carboxylic acids is 1. The number of aromatic nitrogens is 3. The number of aryl methyl sites for hydroxylation is 1. The van der Waals surface area contributed by atoms with Gasteiger partial charge in [0.05, 0.1) is 0 Å². The second-order valence-electron chi connectivity index (χ2n) is 3.32. The van der Waals surface area contributed by atoms with Gasteiger partial charge in [-0.25, -0.2) is 9.78 Å². The van der Waals surface area contributed by atoms with Crippen LogP contribution in [0, 0.1) is 6.92 Å². The van der Waals surface area contributed by atoms with Crippen molar-refractivity contribution in [2.45, 2.75) is 6.92 Å². The molecule has 0 saturated heterocycles. The van der Waals surface area contributed by atoms with Crippen LogP contribution in [0.4, 0.5) is 5.13 Å². The maximum Gasteiger partial charge on any atom is 0.354 e. The van der Waals surface area contributed by atoms with Gasteiger partial charge in [-0.3, -0.25) is 10.1 Å². The molecule has 0 aromatic carbocycles. The van der Waals surface area contributed by atoms with Crippen LogP contribution in [-0.4, -0.2) is 32.2 Å². The molecule has 0 radical (unpaired) electrons. The lowest BCUT2D eigenvalue weighted by Gasteiger charge is -2.01. The second kappa shape index (κ2) is 4.88. The molecule has 0 aliphatic heterocycles. The van der Waals surface area contributed by atoms with E-state index in [4.69, 9.17) is 5.11 Å². The predicted octanol–water partition coefficient (Wildman–Crippen LogP) is 1.19. The van der Waals surface area contributed by atoms with Crippen LogP contribution in [-0.2, 0) is 0 Å². The number of nitrogens with zero attached hydrogens (tertiary/aromatic N) is 3. The number of nitrogens with one attached hydrogen (secondary N) is 1. The van der Waals surface area contributed by atoms with Crippen LogP contribution in [0.1, 0.15) is 25.9 Å². The largest absolute Gasteiger partial charge is 0.477 e. The molecular formula is C10H8N4O3S. The third-order valence-electron chi connectivity index (χ3n) is 1.99. The van der Waals surface area contributed by atoms with Gasteiger partial charge in [-0.1, -0.05) is 11.3 Å². The second-order valence-corrected chi connectivity index (χ2v) is 4.50. The molecule has 0 aliphatic carbocycles. The van der Waals surface area contributed by atoms with Crippen molar-refractivity contribution in [1.29, 1.82) is 0 Å². The highest BCUT2D eigenvalue weighted by Crippen LogP contribution is 2.15. The molecule has 2 heterocycles. The van der Waals surface area contributed by atoms with E-state index in [9.17, 15) is 9.59 Å². The maximum absolute atomic E-state index is 11.8. The fraction of sp³-hybridized carbons (Fsp3) is 0.100. The first-order valence-electron chi connectivity index (χ1n) is 4.87. The fourth-order valence-corrected chi connectivity index (χ4v) is 1.79. The van der Waals surface area contributed by atoms with E-state index >= 15 is 0 Å². The van der Waals surface area contributed by atoms with Crippen LogP contribution >= 0.6 is 11.3 Å². The third kappa shape index (κ3) is 2.66. The lowest BCUT2D eigenvalue weighted by atomic mass is 10.2. The lowest BCUT2D eigenvalue weighted by Crippen LogP contribution is -2.13. The minimum Gasteiger partial charge on any atom is -0.477 e. The van der Waals surface area contributed by atoms with E-state index in [2.05, 4.69) is 20.5 Å². The van der Waals surface area contributed by atoms with E-state index in [1.54, 1.807) is 6.92 Å². The summed E-state index contributed by atoms with van der Waals surface area (Å²) in [7, 11) is 0. The van der Waals surface area contributed by atoms with Crippen LogP contribution in [0.3, 0.4) is 0 Å². The first-order chi connectivity index (χ1) is 8.56. The van der Waals surface area contributed by atoms with Crippen LogP contribution < -0.4 is 5.32 Å². The number of carbonyl (C=O) groups excluding carboxylic acids is 1. The minimum atomic E-state index is -1.18. The molecule has 2 aromatic heterocycles. The molecule has 0 fully saturated rings. The predicted molar refractivity (Wildman–Crippen MR) is 63.8 cm³/mol. The summed E-state index contributed by atoms with van der Waals surface area (Å²) in [4.78, 5) is 26.2. The van der Waals surface area contributed by atoms with Gasteiger partial charge in [-0.15, -0.1) is 10.2 Å². The Balaban J connectivity index is 2.18. The normalized spacial score (nSPS) is 10.1. The van der Waals surface area contributed by atoms with Crippen molar-refractivity contribution in [2.75, 3.05) is 5.32 Å². The Morgan fingerprint density at radius 1 is 1.39 bits per heavy atom. The van der Waals surface area contributed by atoms with Gasteiger partial charge in [0.15, 0.2) is 0 Å². The van der Waals surface area contributed by atoms with E-state index in [-0.39, 0.29) is 11.3 Å². The molecule has 0 spiro atoms. The van der Waals surface area contributed by atoms with Gasteiger partial charge in [-0.2, -0.15) is 0 Å². The summed E-state index contributed by atoms with van der Waals surface area (Å²) in [5.74, 6) is -1.63. The summed E-state index contributed by atoms with van der Waals surface area (Å²) >= 11 is 1.24. The Bertz CT molecular complexity index is 611. The van der Waals surface area contributed by atoms with E-state index in [1.165, 1.54) is 29.7 Å². The summed E-state index contributed by atoms with van der Waals surface area (Å²) in [6.45, 7) is 1.77. The van der Waals surface area contributed by atoms with Gasteiger partial charge in [0.25, 0.3) is 5.91 Å². The number of carboxylic acids is 1. The van der Waals surface area contributed by atoms with Crippen LogP contribution in [0.25, 0.3) is 0 Å². The molecule has 2 aromatic rings. The highest BCUT2D eigenvalue weighted by molar-refractivity contribution is 7.15. The molecule has 7 nitrogen and oxygen atoms in total. The number of rotatable bonds is 3. The lowest BCUT2D eigenvalue weighted by molar-refractivity contribution is 0.0690. The average molecular weight is 264 g/mol. The summed E-state index contributed by atoms with van der Waals surface area (Å²) in [6, 6.07) is 2.63. The molecule has 1 amide bonds. The van der Waals surface area contributed by atoms with Crippen LogP contribution in [0.5, 0.6) is 0 Å². The van der Waals surface area contributed by atoms with Crippen molar-refractivity contribution in [3.05, 3.63) is 34.6 Å². The minimum absolute atomic E-state index is 0.184. The smallest absolute Gasteiger partial charge is 0.354 e. The van der Waals surface area contributed by atoms with Gasteiger partial charge in [-0.05, 0) is 19.1 Å². The van der Waals surface area contributed by atoms with Crippen molar-refractivity contribution in [1.82, 2.24) is 15.2 Å². The zero-order valence-electron chi connectivity index (χ0n) is 9.25. The number of amides is 1. The Hall–Kier alpha value is -2.35. The maximum atomic E-state index is 11.8. The molecular weight excluding hydrogens is 256 g/mol. The van der Waals surface area contributed by atoms with E-state index in [1.807, 2.05) is 0 Å². The third-order valence-corrected chi connectivity index (χ3v) is 2.74.